The standard InChI is InChI=1S/C17H14N6/c1-8-14-9(2)16(17-20-22-23-21-17)19-13(14)7-11-10-5-3-4-6-12(10)18-15(8)11/h3-7,18-19H,1-2H3,(H,20,21,22,23). The molecule has 0 aliphatic heterocycles. The highest BCUT2D eigenvalue weighted by Gasteiger charge is 2.17. The van der Waals surface area contributed by atoms with Crippen LogP contribution in [-0.4, -0.2) is 30.6 Å². The third-order valence-electron chi connectivity index (χ3n) is 4.63. The molecule has 6 heteroatoms. The van der Waals surface area contributed by atoms with Crippen molar-refractivity contribution in [3.05, 3.63) is 41.5 Å². The summed E-state index contributed by atoms with van der Waals surface area (Å²) in [6, 6.07) is 10.6. The molecule has 0 aliphatic carbocycles. The molecule has 23 heavy (non-hydrogen) atoms. The van der Waals surface area contributed by atoms with Gasteiger partial charge in [0.25, 0.3) is 0 Å². The molecule has 2 aromatic carbocycles. The van der Waals surface area contributed by atoms with Crippen molar-refractivity contribution in [2.75, 3.05) is 0 Å². The number of H-pyrrole nitrogens is 3. The van der Waals surface area contributed by atoms with Crippen LogP contribution in [0, 0.1) is 13.8 Å². The number of aryl methyl sites for hydroxylation is 2. The van der Waals surface area contributed by atoms with Crippen molar-refractivity contribution >= 4 is 32.7 Å². The number of aromatic amines is 3. The van der Waals surface area contributed by atoms with Crippen molar-refractivity contribution in [2.24, 2.45) is 0 Å². The Bertz CT molecular complexity index is 1180. The SMILES string of the molecule is Cc1c(-c2nn[nH]n2)[nH]c2cc3c([nH]c4ccccc43)c(C)c12. The van der Waals surface area contributed by atoms with E-state index >= 15 is 0 Å². The molecule has 0 bridgehead atoms. The average molecular weight is 302 g/mol. The van der Waals surface area contributed by atoms with Crippen LogP contribution in [-0.2, 0) is 0 Å². The van der Waals surface area contributed by atoms with E-state index in [1.54, 1.807) is 0 Å². The molecule has 0 aliphatic rings. The van der Waals surface area contributed by atoms with Gasteiger partial charge in [-0.15, -0.1) is 10.2 Å². The van der Waals surface area contributed by atoms with E-state index in [1.165, 1.54) is 27.2 Å². The molecule has 0 unspecified atom stereocenters. The quantitative estimate of drug-likeness (QED) is 0.442. The second-order valence-corrected chi connectivity index (χ2v) is 5.88. The predicted molar refractivity (Wildman–Crippen MR) is 90.3 cm³/mol. The van der Waals surface area contributed by atoms with Gasteiger partial charge < -0.3 is 9.97 Å². The molecule has 0 amide bonds. The van der Waals surface area contributed by atoms with Crippen LogP contribution in [0.1, 0.15) is 11.1 Å². The second-order valence-electron chi connectivity index (χ2n) is 5.88. The van der Waals surface area contributed by atoms with E-state index in [1.807, 2.05) is 0 Å². The van der Waals surface area contributed by atoms with Crippen LogP contribution in [0.2, 0.25) is 0 Å². The molecular formula is C17H14N6. The normalized spacial score (nSPS) is 11.9. The highest BCUT2D eigenvalue weighted by molar-refractivity contribution is 6.14. The Morgan fingerprint density at radius 2 is 1.78 bits per heavy atom. The lowest BCUT2D eigenvalue weighted by Gasteiger charge is -2.01. The molecule has 0 atom stereocenters. The summed E-state index contributed by atoms with van der Waals surface area (Å²) < 4.78 is 0. The van der Waals surface area contributed by atoms with Gasteiger partial charge in [-0.3, -0.25) is 0 Å². The first-order chi connectivity index (χ1) is 11.2. The molecule has 5 aromatic rings. The number of benzene rings is 2. The molecule has 3 N–H and O–H groups in total. The monoisotopic (exact) mass is 302 g/mol. The minimum Gasteiger partial charge on any atom is -0.354 e. The van der Waals surface area contributed by atoms with Crippen molar-refractivity contribution in [3.8, 4) is 11.5 Å². The lowest BCUT2D eigenvalue weighted by molar-refractivity contribution is 0.881. The van der Waals surface area contributed by atoms with Gasteiger partial charge in [-0.1, -0.05) is 18.2 Å². The summed E-state index contributed by atoms with van der Waals surface area (Å²) in [6.45, 7) is 4.24. The Morgan fingerprint density at radius 1 is 0.913 bits per heavy atom. The molecule has 112 valence electrons. The van der Waals surface area contributed by atoms with Gasteiger partial charge in [0.05, 0.1) is 11.2 Å². The summed E-state index contributed by atoms with van der Waals surface area (Å²) >= 11 is 0. The van der Waals surface area contributed by atoms with E-state index in [4.69, 9.17) is 0 Å². The van der Waals surface area contributed by atoms with E-state index in [9.17, 15) is 0 Å². The van der Waals surface area contributed by atoms with Crippen LogP contribution in [0.5, 0.6) is 0 Å². The maximum atomic E-state index is 4.09. The number of nitrogens with zero attached hydrogens (tertiary/aromatic N) is 3. The maximum Gasteiger partial charge on any atom is 0.221 e. The highest BCUT2D eigenvalue weighted by atomic mass is 15.5. The summed E-state index contributed by atoms with van der Waals surface area (Å²) in [4.78, 5) is 7.00. The first kappa shape index (κ1) is 12.4. The van der Waals surface area contributed by atoms with Gasteiger partial charge in [0.1, 0.15) is 0 Å². The number of aromatic nitrogens is 6. The molecule has 0 saturated carbocycles. The van der Waals surface area contributed by atoms with Gasteiger partial charge in [0.15, 0.2) is 0 Å². The lowest BCUT2D eigenvalue weighted by Crippen LogP contribution is -1.84. The molecule has 0 fully saturated rings. The highest BCUT2D eigenvalue weighted by Crippen LogP contribution is 2.36. The Morgan fingerprint density at radius 3 is 2.61 bits per heavy atom. The van der Waals surface area contributed by atoms with Gasteiger partial charge >= 0.3 is 0 Å². The Hall–Kier alpha value is -3.15. The Labute approximate surface area is 130 Å². The first-order valence-corrected chi connectivity index (χ1v) is 7.50. The van der Waals surface area contributed by atoms with Gasteiger partial charge in [0.2, 0.25) is 5.82 Å². The van der Waals surface area contributed by atoms with E-state index in [2.05, 4.69) is 74.8 Å². The first-order valence-electron chi connectivity index (χ1n) is 7.50. The van der Waals surface area contributed by atoms with Crippen LogP contribution in [0.25, 0.3) is 44.2 Å². The zero-order valence-corrected chi connectivity index (χ0v) is 12.7. The second kappa shape index (κ2) is 4.19. The molecule has 0 saturated heterocycles. The third kappa shape index (κ3) is 1.55. The van der Waals surface area contributed by atoms with Crippen molar-refractivity contribution in [1.29, 1.82) is 0 Å². The summed E-state index contributed by atoms with van der Waals surface area (Å²) in [7, 11) is 0. The van der Waals surface area contributed by atoms with E-state index < -0.39 is 0 Å². The number of tetrazole rings is 1. The fourth-order valence-electron chi connectivity index (χ4n) is 3.58. The maximum absolute atomic E-state index is 4.09. The molecular weight excluding hydrogens is 288 g/mol. The van der Waals surface area contributed by atoms with Gasteiger partial charge in [-0.05, 0) is 42.3 Å². The Kier molecular flexibility index (Phi) is 2.26. The van der Waals surface area contributed by atoms with Crippen molar-refractivity contribution < 1.29 is 0 Å². The molecule has 0 spiro atoms. The number of nitrogens with one attached hydrogen (secondary N) is 3. The Balaban J connectivity index is 1.95. The minimum absolute atomic E-state index is 0.589. The van der Waals surface area contributed by atoms with E-state index in [-0.39, 0.29) is 0 Å². The number of hydrogen-bond donors (Lipinski definition) is 3. The number of para-hydroxylation sites is 1. The average Bonchev–Trinajstić information content (AvgIpc) is 3.26. The summed E-state index contributed by atoms with van der Waals surface area (Å²) in [6.07, 6.45) is 0. The van der Waals surface area contributed by atoms with Crippen LogP contribution in [0.3, 0.4) is 0 Å². The number of rotatable bonds is 1. The van der Waals surface area contributed by atoms with Crippen molar-refractivity contribution in [1.82, 2.24) is 30.6 Å². The minimum atomic E-state index is 0.589. The molecule has 3 heterocycles. The molecule has 0 radical (unpaired) electrons. The summed E-state index contributed by atoms with van der Waals surface area (Å²) in [5.41, 5.74) is 6.72. The van der Waals surface area contributed by atoms with Crippen LogP contribution < -0.4 is 0 Å². The lowest BCUT2D eigenvalue weighted by atomic mass is 10.0. The predicted octanol–water partition coefficient (Wildman–Crippen LogP) is 3.60. The topological polar surface area (TPSA) is 86.0 Å². The van der Waals surface area contributed by atoms with Gasteiger partial charge in [-0.2, -0.15) is 5.21 Å². The van der Waals surface area contributed by atoms with Crippen LogP contribution >= 0.6 is 0 Å². The molecule has 3 aromatic heterocycles. The van der Waals surface area contributed by atoms with Gasteiger partial charge in [-0.25, -0.2) is 0 Å². The largest absolute Gasteiger partial charge is 0.354 e. The fraction of sp³-hybridized carbons (Fsp3) is 0.118. The molecule has 6 nitrogen and oxygen atoms in total. The smallest absolute Gasteiger partial charge is 0.221 e. The number of fused-ring (bicyclic) bond motifs is 4. The molecule has 5 rings (SSSR count). The van der Waals surface area contributed by atoms with Crippen LogP contribution in [0.15, 0.2) is 30.3 Å². The van der Waals surface area contributed by atoms with Gasteiger partial charge in [0, 0.05) is 27.2 Å². The van der Waals surface area contributed by atoms with Crippen molar-refractivity contribution in [2.45, 2.75) is 13.8 Å². The fourth-order valence-corrected chi connectivity index (χ4v) is 3.58. The summed E-state index contributed by atoms with van der Waals surface area (Å²) in [5, 5.41) is 18.0. The number of hydrogen-bond acceptors (Lipinski definition) is 3. The third-order valence-corrected chi connectivity index (χ3v) is 4.63. The van der Waals surface area contributed by atoms with Crippen molar-refractivity contribution in [3.63, 3.8) is 0 Å². The zero-order chi connectivity index (χ0) is 15.6. The van der Waals surface area contributed by atoms with E-state index in [0.29, 0.717) is 5.82 Å². The zero-order valence-electron chi connectivity index (χ0n) is 12.7. The van der Waals surface area contributed by atoms with E-state index in [0.717, 1.165) is 22.3 Å². The summed E-state index contributed by atoms with van der Waals surface area (Å²) in [5.74, 6) is 0.589. The van der Waals surface area contributed by atoms with Crippen LogP contribution in [0.4, 0.5) is 0 Å².